The van der Waals surface area contributed by atoms with E-state index in [1.54, 1.807) is 0 Å². The van der Waals surface area contributed by atoms with Crippen LogP contribution in [0, 0.1) is 5.82 Å². The number of halogens is 1. The second-order valence-electron chi connectivity index (χ2n) is 5.91. The number of amides is 1. The number of hydrogen-bond acceptors (Lipinski definition) is 5. The number of carboxylic acid groups (broad SMARTS) is 1. The maximum Gasteiger partial charge on any atom is 0.321 e. The molecule has 1 aliphatic heterocycles. The first-order chi connectivity index (χ1) is 12.0. The zero-order chi connectivity index (χ0) is 18.1. The van der Waals surface area contributed by atoms with Crippen molar-refractivity contribution in [3.05, 3.63) is 30.1 Å². The standard InChI is InChI=1S/C17H24FN3O4/c18-13-2-4-14(5-3-13)20-16(22)12-15(17(23)24)19-6-1-7-21-8-10-25-11-9-21/h2-5,15,19H,1,6-12H2,(H,20,22)(H,23,24)/t15-/m1/s1. The van der Waals surface area contributed by atoms with Gasteiger partial charge < -0.3 is 20.5 Å². The molecule has 0 unspecified atom stereocenters. The molecule has 1 aliphatic rings. The van der Waals surface area contributed by atoms with Gasteiger partial charge in [0.1, 0.15) is 11.9 Å². The van der Waals surface area contributed by atoms with Gasteiger partial charge in [0.05, 0.1) is 19.6 Å². The molecule has 0 aromatic heterocycles. The fraction of sp³-hybridized carbons (Fsp3) is 0.529. The monoisotopic (exact) mass is 353 g/mol. The molecule has 1 fully saturated rings. The number of carboxylic acids is 1. The van der Waals surface area contributed by atoms with Gasteiger partial charge in [-0.15, -0.1) is 0 Å². The van der Waals surface area contributed by atoms with Gasteiger partial charge in [-0.2, -0.15) is 0 Å². The second kappa shape index (κ2) is 10.1. The van der Waals surface area contributed by atoms with E-state index in [0.29, 0.717) is 12.2 Å². The van der Waals surface area contributed by atoms with Crippen molar-refractivity contribution in [2.24, 2.45) is 0 Å². The van der Waals surface area contributed by atoms with Crippen molar-refractivity contribution < 1.29 is 23.8 Å². The van der Waals surface area contributed by atoms with Crippen LogP contribution in [-0.4, -0.2) is 67.3 Å². The van der Waals surface area contributed by atoms with E-state index < -0.39 is 23.7 Å². The molecular weight excluding hydrogens is 329 g/mol. The third kappa shape index (κ3) is 7.16. The number of nitrogens with one attached hydrogen (secondary N) is 2. The number of ether oxygens (including phenoxy) is 1. The Balaban J connectivity index is 1.70. The number of aliphatic carboxylic acids is 1. The Morgan fingerprint density at radius 3 is 2.56 bits per heavy atom. The van der Waals surface area contributed by atoms with Gasteiger partial charge in [-0.05, 0) is 43.8 Å². The van der Waals surface area contributed by atoms with Crippen LogP contribution in [0.4, 0.5) is 10.1 Å². The zero-order valence-corrected chi connectivity index (χ0v) is 14.0. The fourth-order valence-corrected chi connectivity index (χ4v) is 2.58. The predicted octanol–water partition coefficient (Wildman–Crippen LogP) is 0.919. The van der Waals surface area contributed by atoms with Crippen LogP contribution in [0.5, 0.6) is 0 Å². The Morgan fingerprint density at radius 2 is 1.92 bits per heavy atom. The summed E-state index contributed by atoms with van der Waals surface area (Å²) in [4.78, 5) is 25.5. The average molecular weight is 353 g/mol. The van der Waals surface area contributed by atoms with E-state index >= 15 is 0 Å². The molecule has 0 radical (unpaired) electrons. The highest BCUT2D eigenvalue weighted by molar-refractivity contribution is 5.94. The molecule has 0 spiro atoms. The van der Waals surface area contributed by atoms with Crippen molar-refractivity contribution in [3.8, 4) is 0 Å². The lowest BCUT2D eigenvalue weighted by Crippen LogP contribution is -2.42. The van der Waals surface area contributed by atoms with Gasteiger partial charge in [0, 0.05) is 18.8 Å². The minimum absolute atomic E-state index is 0.190. The topological polar surface area (TPSA) is 90.9 Å². The first-order valence-corrected chi connectivity index (χ1v) is 8.36. The van der Waals surface area contributed by atoms with Crippen molar-refractivity contribution in [2.45, 2.75) is 18.9 Å². The highest BCUT2D eigenvalue weighted by Crippen LogP contribution is 2.09. The molecule has 0 aliphatic carbocycles. The maximum absolute atomic E-state index is 12.8. The van der Waals surface area contributed by atoms with Gasteiger partial charge in [0.25, 0.3) is 0 Å². The Bertz CT molecular complexity index is 562. The summed E-state index contributed by atoms with van der Waals surface area (Å²) in [7, 11) is 0. The van der Waals surface area contributed by atoms with E-state index in [2.05, 4.69) is 15.5 Å². The Morgan fingerprint density at radius 1 is 1.24 bits per heavy atom. The molecule has 1 heterocycles. The molecule has 1 atom stereocenters. The summed E-state index contributed by atoms with van der Waals surface area (Å²) < 4.78 is 18.1. The number of nitrogens with zero attached hydrogens (tertiary/aromatic N) is 1. The van der Waals surface area contributed by atoms with E-state index in [1.807, 2.05) is 0 Å². The zero-order valence-electron chi connectivity index (χ0n) is 14.0. The molecule has 1 saturated heterocycles. The lowest BCUT2D eigenvalue weighted by molar-refractivity contribution is -0.141. The third-order valence-electron chi connectivity index (χ3n) is 3.96. The number of hydrogen-bond donors (Lipinski definition) is 3. The van der Waals surface area contributed by atoms with Crippen LogP contribution in [0.25, 0.3) is 0 Å². The van der Waals surface area contributed by atoms with Gasteiger partial charge in [-0.25, -0.2) is 4.39 Å². The average Bonchev–Trinajstić information content (AvgIpc) is 2.60. The fourth-order valence-electron chi connectivity index (χ4n) is 2.58. The molecule has 0 saturated carbocycles. The Hall–Kier alpha value is -2.03. The predicted molar refractivity (Wildman–Crippen MR) is 90.9 cm³/mol. The van der Waals surface area contributed by atoms with E-state index in [9.17, 15) is 19.1 Å². The van der Waals surface area contributed by atoms with Crippen molar-refractivity contribution in [1.29, 1.82) is 0 Å². The van der Waals surface area contributed by atoms with Crippen LogP contribution in [-0.2, 0) is 14.3 Å². The van der Waals surface area contributed by atoms with Gasteiger partial charge in [-0.3, -0.25) is 14.5 Å². The van der Waals surface area contributed by atoms with Crippen LogP contribution in [0.2, 0.25) is 0 Å². The smallest absolute Gasteiger partial charge is 0.321 e. The second-order valence-corrected chi connectivity index (χ2v) is 5.91. The van der Waals surface area contributed by atoms with Crippen molar-refractivity contribution >= 4 is 17.6 Å². The first kappa shape index (κ1) is 19.3. The molecular formula is C17H24FN3O4. The number of benzene rings is 1. The molecule has 1 aromatic rings. The lowest BCUT2D eigenvalue weighted by Gasteiger charge is -2.26. The number of rotatable bonds is 9. The van der Waals surface area contributed by atoms with E-state index in [4.69, 9.17) is 4.74 Å². The van der Waals surface area contributed by atoms with E-state index in [1.165, 1.54) is 24.3 Å². The Labute approximate surface area is 146 Å². The molecule has 138 valence electrons. The minimum atomic E-state index is -1.07. The van der Waals surface area contributed by atoms with Crippen LogP contribution in [0.3, 0.4) is 0 Å². The quantitative estimate of drug-likeness (QED) is 0.572. The first-order valence-electron chi connectivity index (χ1n) is 8.36. The number of morpholine rings is 1. The van der Waals surface area contributed by atoms with Crippen molar-refractivity contribution in [2.75, 3.05) is 44.7 Å². The molecule has 7 nitrogen and oxygen atoms in total. The molecule has 2 rings (SSSR count). The summed E-state index contributed by atoms with van der Waals surface area (Å²) >= 11 is 0. The largest absolute Gasteiger partial charge is 0.480 e. The summed E-state index contributed by atoms with van der Waals surface area (Å²) in [5, 5.41) is 14.7. The van der Waals surface area contributed by atoms with Gasteiger partial charge in [0.15, 0.2) is 0 Å². The van der Waals surface area contributed by atoms with Crippen LogP contribution in [0.1, 0.15) is 12.8 Å². The number of anilines is 1. The summed E-state index contributed by atoms with van der Waals surface area (Å²) in [6.45, 7) is 4.62. The summed E-state index contributed by atoms with van der Waals surface area (Å²) in [6.07, 6.45) is 0.605. The molecule has 25 heavy (non-hydrogen) atoms. The summed E-state index contributed by atoms with van der Waals surface area (Å²) in [6, 6.07) is 4.37. The van der Waals surface area contributed by atoms with Crippen molar-refractivity contribution in [1.82, 2.24) is 10.2 Å². The van der Waals surface area contributed by atoms with Crippen LogP contribution < -0.4 is 10.6 Å². The van der Waals surface area contributed by atoms with E-state index in [0.717, 1.165) is 39.3 Å². The van der Waals surface area contributed by atoms with Gasteiger partial charge in [-0.1, -0.05) is 0 Å². The molecule has 1 aromatic carbocycles. The van der Waals surface area contributed by atoms with Crippen LogP contribution >= 0.6 is 0 Å². The van der Waals surface area contributed by atoms with Gasteiger partial charge in [0.2, 0.25) is 5.91 Å². The summed E-state index contributed by atoms with van der Waals surface area (Å²) in [5.74, 6) is -1.90. The third-order valence-corrected chi connectivity index (χ3v) is 3.96. The van der Waals surface area contributed by atoms with Crippen molar-refractivity contribution in [3.63, 3.8) is 0 Å². The lowest BCUT2D eigenvalue weighted by atomic mass is 10.2. The summed E-state index contributed by atoms with van der Waals surface area (Å²) in [5.41, 5.74) is 0.433. The minimum Gasteiger partial charge on any atom is -0.480 e. The van der Waals surface area contributed by atoms with Gasteiger partial charge >= 0.3 is 5.97 Å². The normalized spacial score (nSPS) is 16.4. The highest BCUT2D eigenvalue weighted by Gasteiger charge is 2.20. The maximum atomic E-state index is 12.8. The molecule has 1 amide bonds. The van der Waals surface area contributed by atoms with Crippen LogP contribution in [0.15, 0.2) is 24.3 Å². The Kier molecular flexibility index (Phi) is 7.77. The number of carbonyl (C=O) groups is 2. The molecule has 0 bridgehead atoms. The molecule has 3 N–H and O–H groups in total. The number of carbonyl (C=O) groups excluding carboxylic acids is 1. The van der Waals surface area contributed by atoms with E-state index in [-0.39, 0.29) is 6.42 Å². The SMILES string of the molecule is O=C(C[C@@H](NCCCN1CCOCC1)C(=O)O)Nc1ccc(F)cc1. The highest BCUT2D eigenvalue weighted by atomic mass is 19.1. The molecule has 8 heteroatoms.